The van der Waals surface area contributed by atoms with Crippen LogP contribution in [0.25, 0.3) is 0 Å². The van der Waals surface area contributed by atoms with Gasteiger partial charge in [-0.3, -0.25) is 9.59 Å². The number of aromatic nitrogens is 2. The standard InChI is InChI=1S/C17H20N4O4/c1-10(22)18-9-12-6-7-14(24-12)17(23)21-8-2-3-13(21)15-19-16(25-20-15)11-4-5-11/h6-7,11,13H,2-5,8-9H2,1H3,(H,18,22)/t13-/m1/s1. The predicted molar refractivity (Wildman–Crippen MR) is 85.5 cm³/mol. The Morgan fingerprint density at radius 2 is 2.16 bits per heavy atom. The highest BCUT2D eigenvalue weighted by atomic mass is 16.5. The zero-order valence-electron chi connectivity index (χ0n) is 14.0. The molecule has 0 unspecified atom stereocenters. The number of carbonyl (C=O) groups excluding carboxylic acids is 2. The molecule has 132 valence electrons. The lowest BCUT2D eigenvalue weighted by Crippen LogP contribution is -2.30. The zero-order chi connectivity index (χ0) is 17.4. The molecule has 0 aromatic carbocycles. The molecule has 1 saturated heterocycles. The molecule has 0 bridgehead atoms. The van der Waals surface area contributed by atoms with Gasteiger partial charge in [0.25, 0.3) is 5.91 Å². The molecule has 1 saturated carbocycles. The maximum Gasteiger partial charge on any atom is 0.290 e. The normalized spacial score (nSPS) is 20.0. The van der Waals surface area contributed by atoms with E-state index in [0.717, 1.165) is 25.7 Å². The third kappa shape index (κ3) is 3.29. The zero-order valence-corrected chi connectivity index (χ0v) is 14.0. The van der Waals surface area contributed by atoms with E-state index in [4.69, 9.17) is 8.94 Å². The second-order valence-corrected chi connectivity index (χ2v) is 6.60. The summed E-state index contributed by atoms with van der Waals surface area (Å²) in [5.41, 5.74) is 0. The number of carbonyl (C=O) groups is 2. The van der Waals surface area contributed by atoms with Crippen LogP contribution in [0.4, 0.5) is 0 Å². The van der Waals surface area contributed by atoms with Crippen molar-refractivity contribution in [3.05, 3.63) is 35.4 Å². The SMILES string of the molecule is CC(=O)NCc1ccc(C(=O)N2CCC[C@@H]2c2noc(C3CC3)n2)o1. The number of hydrogen-bond donors (Lipinski definition) is 1. The number of hydrogen-bond acceptors (Lipinski definition) is 6. The van der Waals surface area contributed by atoms with Gasteiger partial charge in [-0.1, -0.05) is 5.16 Å². The van der Waals surface area contributed by atoms with Crippen molar-refractivity contribution in [3.8, 4) is 0 Å². The van der Waals surface area contributed by atoms with Crippen molar-refractivity contribution in [2.45, 2.75) is 51.1 Å². The van der Waals surface area contributed by atoms with E-state index in [1.54, 1.807) is 17.0 Å². The van der Waals surface area contributed by atoms with Gasteiger partial charge >= 0.3 is 0 Å². The van der Waals surface area contributed by atoms with Gasteiger partial charge in [-0.05, 0) is 37.8 Å². The Kier molecular flexibility index (Phi) is 4.03. The molecule has 1 N–H and O–H groups in total. The van der Waals surface area contributed by atoms with Gasteiger partial charge < -0.3 is 19.2 Å². The summed E-state index contributed by atoms with van der Waals surface area (Å²) in [4.78, 5) is 30.0. The first-order valence-corrected chi connectivity index (χ1v) is 8.59. The Morgan fingerprint density at radius 1 is 1.32 bits per heavy atom. The fourth-order valence-electron chi connectivity index (χ4n) is 3.10. The molecule has 8 heteroatoms. The number of nitrogens with zero attached hydrogens (tertiary/aromatic N) is 3. The smallest absolute Gasteiger partial charge is 0.290 e. The Hall–Kier alpha value is -2.64. The highest BCUT2D eigenvalue weighted by molar-refractivity contribution is 5.92. The van der Waals surface area contributed by atoms with E-state index in [1.165, 1.54) is 6.92 Å². The number of rotatable bonds is 5. The Labute approximate surface area is 144 Å². The van der Waals surface area contributed by atoms with Crippen LogP contribution in [0, 0.1) is 0 Å². The van der Waals surface area contributed by atoms with Gasteiger partial charge in [0.2, 0.25) is 11.8 Å². The first-order valence-electron chi connectivity index (χ1n) is 8.59. The molecule has 1 aliphatic carbocycles. The van der Waals surface area contributed by atoms with Gasteiger partial charge in [-0.2, -0.15) is 4.98 Å². The second kappa shape index (κ2) is 6.34. The summed E-state index contributed by atoms with van der Waals surface area (Å²) in [6, 6.07) is 3.17. The first kappa shape index (κ1) is 15.9. The van der Waals surface area contributed by atoms with Gasteiger partial charge in [-0.25, -0.2) is 0 Å². The quantitative estimate of drug-likeness (QED) is 0.892. The van der Waals surface area contributed by atoms with Gasteiger partial charge in [0.15, 0.2) is 11.6 Å². The van der Waals surface area contributed by atoms with E-state index in [9.17, 15) is 9.59 Å². The molecule has 0 radical (unpaired) electrons. The van der Waals surface area contributed by atoms with Crippen LogP contribution in [-0.2, 0) is 11.3 Å². The molecule has 2 fully saturated rings. The lowest BCUT2D eigenvalue weighted by Gasteiger charge is -2.20. The highest BCUT2D eigenvalue weighted by Crippen LogP contribution is 2.40. The number of likely N-dealkylation sites (tertiary alicyclic amines) is 1. The van der Waals surface area contributed by atoms with E-state index in [0.29, 0.717) is 29.9 Å². The van der Waals surface area contributed by atoms with Crippen LogP contribution in [0.15, 0.2) is 21.1 Å². The second-order valence-electron chi connectivity index (χ2n) is 6.60. The van der Waals surface area contributed by atoms with Crippen molar-refractivity contribution in [3.63, 3.8) is 0 Å². The van der Waals surface area contributed by atoms with Crippen molar-refractivity contribution in [1.29, 1.82) is 0 Å². The van der Waals surface area contributed by atoms with Crippen LogP contribution in [0.5, 0.6) is 0 Å². The minimum Gasteiger partial charge on any atom is -0.454 e. The Bertz CT molecular complexity index is 792. The van der Waals surface area contributed by atoms with Gasteiger partial charge in [-0.15, -0.1) is 0 Å². The Balaban J connectivity index is 1.47. The van der Waals surface area contributed by atoms with Crippen molar-refractivity contribution < 1.29 is 18.5 Å². The summed E-state index contributed by atoms with van der Waals surface area (Å²) >= 11 is 0. The molecule has 25 heavy (non-hydrogen) atoms. The molecular formula is C17H20N4O4. The average Bonchev–Trinajstić information content (AvgIpc) is 3.05. The third-order valence-electron chi connectivity index (χ3n) is 4.58. The van der Waals surface area contributed by atoms with E-state index in [1.807, 2.05) is 0 Å². The molecule has 1 aliphatic heterocycles. The maximum atomic E-state index is 12.8. The molecule has 2 aromatic heterocycles. The summed E-state index contributed by atoms with van der Waals surface area (Å²) in [5.74, 6) is 2.14. The van der Waals surface area contributed by atoms with Crippen molar-refractivity contribution >= 4 is 11.8 Å². The largest absolute Gasteiger partial charge is 0.454 e. The molecule has 3 heterocycles. The number of furan rings is 1. The maximum absolute atomic E-state index is 12.8. The first-order chi connectivity index (χ1) is 12.1. The molecule has 1 atom stereocenters. The molecule has 2 amide bonds. The molecule has 8 nitrogen and oxygen atoms in total. The number of nitrogens with one attached hydrogen (secondary N) is 1. The predicted octanol–water partition coefficient (Wildman–Crippen LogP) is 2.15. The molecular weight excluding hydrogens is 324 g/mol. The van der Waals surface area contributed by atoms with Crippen LogP contribution in [0.1, 0.15) is 72.6 Å². The fraction of sp³-hybridized carbons (Fsp3) is 0.529. The summed E-state index contributed by atoms with van der Waals surface area (Å²) < 4.78 is 10.9. The summed E-state index contributed by atoms with van der Waals surface area (Å²) in [6.07, 6.45) is 3.90. The van der Waals surface area contributed by atoms with Gasteiger partial charge in [0, 0.05) is 19.4 Å². The minimum absolute atomic E-state index is 0.146. The lowest BCUT2D eigenvalue weighted by molar-refractivity contribution is -0.119. The summed E-state index contributed by atoms with van der Waals surface area (Å²) in [6.45, 7) is 2.34. The van der Waals surface area contributed by atoms with Crippen LogP contribution in [0.2, 0.25) is 0 Å². The monoisotopic (exact) mass is 344 g/mol. The van der Waals surface area contributed by atoms with E-state index in [2.05, 4.69) is 15.5 Å². The van der Waals surface area contributed by atoms with Crippen molar-refractivity contribution in [1.82, 2.24) is 20.4 Å². The van der Waals surface area contributed by atoms with E-state index in [-0.39, 0.29) is 30.2 Å². The third-order valence-corrected chi connectivity index (χ3v) is 4.58. The minimum atomic E-state index is -0.186. The summed E-state index contributed by atoms with van der Waals surface area (Å²) in [7, 11) is 0. The van der Waals surface area contributed by atoms with Crippen molar-refractivity contribution in [2.24, 2.45) is 0 Å². The molecule has 2 aromatic rings. The Morgan fingerprint density at radius 3 is 2.92 bits per heavy atom. The van der Waals surface area contributed by atoms with Crippen LogP contribution in [0.3, 0.4) is 0 Å². The summed E-state index contributed by atoms with van der Waals surface area (Å²) in [5, 5.41) is 6.73. The molecule has 2 aliphatic rings. The van der Waals surface area contributed by atoms with Crippen LogP contribution < -0.4 is 5.32 Å². The van der Waals surface area contributed by atoms with Gasteiger partial charge in [0.05, 0.1) is 12.6 Å². The van der Waals surface area contributed by atoms with Crippen molar-refractivity contribution in [2.75, 3.05) is 6.54 Å². The number of amides is 2. The molecule has 0 spiro atoms. The highest BCUT2D eigenvalue weighted by Gasteiger charge is 2.37. The molecule has 4 rings (SSSR count). The fourth-order valence-corrected chi connectivity index (χ4v) is 3.10. The van der Waals surface area contributed by atoms with Gasteiger partial charge in [0.1, 0.15) is 5.76 Å². The van der Waals surface area contributed by atoms with Crippen LogP contribution in [-0.4, -0.2) is 33.4 Å². The lowest BCUT2D eigenvalue weighted by atomic mass is 10.2. The van der Waals surface area contributed by atoms with E-state index < -0.39 is 0 Å². The topological polar surface area (TPSA) is 101 Å². The average molecular weight is 344 g/mol. The van der Waals surface area contributed by atoms with Crippen LogP contribution >= 0.6 is 0 Å². The van der Waals surface area contributed by atoms with E-state index >= 15 is 0 Å².